The van der Waals surface area contributed by atoms with Crippen LogP contribution in [-0.2, 0) is 4.79 Å². The summed E-state index contributed by atoms with van der Waals surface area (Å²) in [6.45, 7) is 3.83. The van der Waals surface area contributed by atoms with Crippen molar-refractivity contribution in [1.82, 2.24) is 4.98 Å². The van der Waals surface area contributed by atoms with Crippen molar-refractivity contribution in [2.75, 3.05) is 11.9 Å². The van der Waals surface area contributed by atoms with E-state index >= 15 is 0 Å². The van der Waals surface area contributed by atoms with Crippen molar-refractivity contribution in [3.05, 3.63) is 27.9 Å². The first-order valence-corrected chi connectivity index (χ1v) is 6.00. The molecule has 0 radical (unpaired) electrons. The van der Waals surface area contributed by atoms with Crippen LogP contribution >= 0.6 is 0 Å². The van der Waals surface area contributed by atoms with Gasteiger partial charge >= 0.3 is 5.97 Å². The number of hydrogen-bond donors (Lipinski definition) is 2. The van der Waals surface area contributed by atoms with Crippen LogP contribution in [0.4, 0.5) is 11.5 Å². The molecule has 1 aromatic heterocycles. The fraction of sp³-hybridized carbons (Fsp3) is 0.500. The van der Waals surface area contributed by atoms with Gasteiger partial charge in [0.05, 0.1) is 10.8 Å². The minimum Gasteiger partial charge on any atom is -0.481 e. The van der Waals surface area contributed by atoms with Gasteiger partial charge in [-0.25, -0.2) is 4.98 Å². The van der Waals surface area contributed by atoms with Crippen molar-refractivity contribution in [2.45, 2.75) is 26.7 Å². The number of carbonyl (C=O) groups is 1. The molecule has 1 rings (SSSR count). The Balaban J connectivity index is 2.44. The number of aryl methyl sites for hydroxylation is 1. The van der Waals surface area contributed by atoms with E-state index in [4.69, 9.17) is 5.11 Å². The predicted octanol–water partition coefficient (Wildman–Crippen LogP) is 2.21. The summed E-state index contributed by atoms with van der Waals surface area (Å²) in [5.41, 5.74) is 0.346. The van der Waals surface area contributed by atoms with E-state index < -0.39 is 10.9 Å². The molecule has 0 spiro atoms. The lowest BCUT2D eigenvalue weighted by Gasteiger charge is -2.08. The smallest absolute Gasteiger partial charge is 0.306 e. The first-order chi connectivity index (χ1) is 8.91. The third-order valence-corrected chi connectivity index (χ3v) is 2.80. The molecule has 1 atom stereocenters. The average Bonchev–Trinajstić information content (AvgIpc) is 2.33. The highest BCUT2D eigenvalue weighted by Gasteiger charge is 2.12. The number of anilines is 1. The molecule has 0 aliphatic carbocycles. The number of aromatic nitrogens is 1. The van der Waals surface area contributed by atoms with Crippen LogP contribution in [-0.4, -0.2) is 27.5 Å². The Hall–Kier alpha value is -2.18. The Morgan fingerprint density at radius 2 is 2.26 bits per heavy atom. The third kappa shape index (κ3) is 4.53. The Bertz CT molecular complexity index is 476. The van der Waals surface area contributed by atoms with E-state index in [0.717, 1.165) is 0 Å². The standard InChI is InChI=1S/C12H17N3O4/c1-8(12(16)17)4-3-7-13-11-6-5-10(15(18)19)9(2)14-11/h5-6,8H,3-4,7H2,1-2H3,(H,13,14)(H,16,17). The Morgan fingerprint density at radius 1 is 1.58 bits per heavy atom. The van der Waals surface area contributed by atoms with Crippen molar-refractivity contribution in [3.8, 4) is 0 Å². The Labute approximate surface area is 110 Å². The summed E-state index contributed by atoms with van der Waals surface area (Å²) in [5.74, 6) is -0.608. The number of pyridine rings is 1. The monoisotopic (exact) mass is 267 g/mol. The molecule has 0 saturated heterocycles. The van der Waals surface area contributed by atoms with Crippen LogP contribution < -0.4 is 5.32 Å². The zero-order chi connectivity index (χ0) is 14.4. The van der Waals surface area contributed by atoms with Crippen LogP contribution in [0.3, 0.4) is 0 Å². The highest BCUT2D eigenvalue weighted by Crippen LogP contribution is 2.17. The molecule has 1 heterocycles. The van der Waals surface area contributed by atoms with Crippen molar-refractivity contribution in [1.29, 1.82) is 0 Å². The van der Waals surface area contributed by atoms with Gasteiger partial charge in [-0.3, -0.25) is 14.9 Å². The maximum Gasteiger partial charge on any atom is 0.306 e. The molecule has 0 fully saturated rings. The van der Waals surface area contributed by atoms with Gasteiger partial charge in [0, 0.05) is 12.6 Å². The maximum absolute atomic E-state index is 10.6. The van der Waals surface area contributed by atoms with Crippen molar-refractivity contribution >= 4 is 17.5 Å². The SMILES string of the molecule is Cc1nc(NCCCC(C)C(=O)O)ccc1[N+](=O)[O-]. The molecule has 0 saturated carbocycles. The van der Waals surface area contributed by atoms with Crippen molar-refractivity contribution in [2.24, 2.45) is 5.92 Å². The Kier molecular flexibility index (Phi) is 5.23. The van der Waals surface area contributed by atoms with Crippen LogP contribution in [0.5, 0.6) is 0 Å². The molecular formula is C12H17N3O4. The highest BCUT2D eigenvalue weighted by molar-refractivity contribution is 5.69. The number of nitrogens with one attached hydrogen (secondary N) is 1. The zero-order valence-electron chi connectivity index (χ0n) is 10.9. The molecule has 1 aromatic rings. The second-order valence-corrected chi connectivity index (χ2v) is 4.37. The summed E-state index contributed by atoms with van der Waals surface area (Å²) in [4.78, 5) is 24.8. The minimum atomic E-state index is -0.802. The average molecular weight is 267 g/mol. The lowest BCUT2D eigenvalue weighted by molar-refractivity contribution is -0.385. The van der Waals surface area contributed by atoms with Gasteiger partial charge in [-0.1, -0.05) is 6.92 Å². The van der Waals surface area contributed by atoms with Gasteiger partial charge in [0.15, 0.2) is 0 Å². The Morgan fingerprint density at radius 3 is 2.79 bits per heavy atom. The van der Waals surface area contributed by atoms with Crippen molar-refractivity contribution in [3.63, 3.8) is 0 Å². The topological polar surface area (TPSA) is 105 Å². The van der Waals surface area contributed by atoms with Crippen LogP contribution in [0.2, 0.25) is 0 Å². The molecule has 0 amide bonds. The van der Waals surface area contributed by atoms with E-state index in [2.05, 4.69) is 10.3 Å². The number of hydrogen-bond acceptors (Lipinski definition) is 5. The summed E-state index contributed by atoms with van der Waals surface area (Å²) in [5, 5.41) is 22.4. The quantitative estimate of drug-likeness (QED) is 0.445. The largest absolute Gasteiger partial charge is 0.481 e. The van der Waals surface area contributed by atoms with Gasteiger partial charge in [0.25, 0.3) is 5.69 Å². The van der Waals surface area contributed by atoms with Gasteiger partial charge in [-0.05, 0) is 25.8 Å². The van der Waals surface area contributed by atoms with Gasteiger partial charge < -0.3 is 10.4 Å². The molecule has 104 valence electrons. The molecule has 2 N–H and O–H groups in total. The second-order valence-electron chi connectivity index (χ2n) is 4.37. The highest BCUT2D eigenvalue weighted by atomic mass is 16.6. The number of carboxylic acid groups (broad SMARTS) is 1. The molecule has 1 unspecified atom stereocenters. The predicted molar refractivity (Wildman–Crippen MR) is 70.2 cm³/mol. The number of carboxylic acids is 1. The lowest BCUT2D eigenvalue weighted by atomic mass is 10.1. The molecular weight excluding hydrogens is 250 g/mol. The van der Waals surface area contributed by atoms with E-state index in [1.165, 1.54) is 6.07 Å². The third-order valence-electron chi connectivity index (χ3n) is 2.80. The normalized spacial score (nSPS) is 11.9. The fourth-order valence-corrected chi connectivity index (χ4v) is 1.59. The summed E-state index contributed by atoms with van der Waals surface area (Å²) in [6, 6.07) is 2.95. The maximum atomic E-state index is 10.6. The first-order valence-electron chi connectivity index (χ1n) is 6.00. The molecule has 0 aromatic carbocycles. The number of nitro groups is 1. The van der Waals surface area contributed by atoms with E-state index in [-0.39, 0.29) is 11.6 Å². The number of rotatable bonds is 7. The minimum absolute atomic E-state index is 0.00921. The van der Waals surface area contributed by atoms with Crippen LogP contribution in [0.1, 0.15) is 25.5 Å². The molecule has 0 bridgehead atoms. The van der Waals surface area contributed by atoms with E-state index in [0.29, 0.717) is 30.9 Å². The van der Waals surface area contributed by atoms with Gasteiger partial charge in [-0.15, -0.1) is 0 Å². The summed E-state index contributed by atoms with van der Waals surface area (Å²) < 4.78 is 0. The second kappa shape index (κ2) is 6.67. The fourth-order valence-electron chi connectivity index (χ4n) is 1.59. The number of nitrogens with zero attached hydrogens (tertiary/aromatic N) is 2. The van der Waals surface area contributed by atoms with E-state index in [9.17, 15) is 14.9 Å². The van der Waals surface area contributed by atoms with E-state index in [1.807, 2.05) is 0 Å². The number of aliphatic carboxylic acids is 1. The van der Waals surface area contributed by atoms with Crippen LogP contribution in [0.15, 0.2) is 12.1 Å². The van der Waals surface area contributed by atoms with Crippen molar-refractivity contribution < 1.29 is 14.8 Å². The molecule has 0 aliphatic heterocycles. The zero-order valence-corrected chi connectivity index (χ0v) is 10.9. The van der Waals surface area contributed by atoms with Crippen LogP contribution in [0.25, 0.3) is 0 Å². The summed E-state index contributed by atoms with van der Waals surface area (Å²) >= 11 is 0. The summed E-state index contributed by atoms with van der Waals surface area (Å²) in [7, 11) is 0. The van der Waals surface area contributed by atoms with Crippen LogP contribution in [0, 0.1) is 23.0 Å². The molecule has 0 aliphatic rings. The van der Waals surface area contributed by atoms with Gasteiger partial charge in [0.2, 0.25) is 0 Å². The molecule has 19 heavy (non-hydrogen) atoms. The lowest BCUT2D eigenvalue weighted by Crippen LogP contribution is -2.12. The molecule has 7 heteroatoms. The molecule has 7 nitrogen and oxygen atoms in total. The van der Waals surface area contributed by atoms with E-state index in [1.54, 1.807) is 19.9 Å². The first kappa shape index (κ1) is 14.9. The van der Waals surface area contributed by atoms with Gasteiger partial charge in [-0.2, -0.15) is 0 Å². The van der Waals surface area contributed by atoms with Gasteiger partial charge in [0.1, 0.15) is 11.5 Å². The summed E-state index contributed by atoms with van der Waals surface area (Å²) in [6.07, 6.45) is 1.28.